The minimum atomic E-state index is -0.00807. The number of nitrogen functional groups attached to an aromatic ring is 1. The Bertz CT molecular complexity index is 697. The maximum absolute atomic E-state index is 5.82. The summed E-state index contributed by atoms with van der Waals surface area (Å²) in [7, 11) is 0. The average molecular weight is 285 g/mol. The van der Waals surface area contributed by atoms with Crippen LogP contribution >= 0.6 is 0 Å². The number of rotatable bonds is 2. The summed E-state index contributed by atoms with van der Waals surface area (Å²) in [5.74, 6) is 0.720. The van der Waals surface area contributed by atoms with E-state index in [1.807, 2.05) is 6.20 Å². The zero-order chi connectivity index (χ0) is 15.4. The van der Waals surface area contributed by atoms with Crippen molar-refractivity contribution in [2.75, 3.05) is 5.73 Å². The van der Waals surface area contributed by atoms with Crippen LogP contribution in [0.4, 0.5) is 5.95 Å². The zero-order valence-corrected chi connectivity index (χ0v) is 13.4. The van der Waals surface area contributed by atoms with Gasteiger partial charge in [-0.15, -0.1) is 0 Å². The van der Waals surface area contributed by atoms with Crippen molar-refractivity contribution in [3.8, 4) is 11.3 Å². The van der Waals surface area contributed by atoms with Gasteiger partial charge in [0.15, 0.2) is 0 Å². The summed E-state index contributed by atoms with van der Waals surface area (Å²) in [5, 5.41) is 4.89. The zero-order valence-electron chi connectivity index (χ0n) is 13.4. The molecule has 2 aromatic heterocycles. The first-order valence-electron chi connectivity index (χ1n) is 7.58. The Morgan fingerprint density at radius 2 is 2.10 bits per heavy atom. The Morgan fingerprint density at radius 1 is 1.38 bits per heavy atom. The number of aromatic nitrogens is 4. The van der Waals surface area contributed by atoms with Gasteiger partial charge in [0.05, 0.1) is 17.1 Å². The molecule has 2 aromatic rings. The molecule has 2 heterocycles. The van der Waals surface area contributed by atoms with Crippen LogP contribution in [0.25, 0.3) is 11.3 Å². The summed E-state index contributed by atoms with van der Waals surface area (Å²) in [6, 6.07) is 0. The molecule has 0 saturated carbocycles. The molecule has 21 heavy (non-hydrogen) atoms. The molecule has 0 spiro atoms. The molecule has 0 amide bonds. The molecule has 0 atom stereocenters. The topological polar surface area (TPSA) is 69.6 Å². The molecule has 0 saturated heterocycles. The van der Waals surface area contributed by atoms with Crippen LogP contribution in [0.2, 0.25) is 0 Å². The van der Waals surface area contributed by atoms with Crippen molar-refractivity contribution >= 4 is 5.95 Å². The number of aryl methyl sites for hydroxylation is 1. The third-order valence-electron chi connectivity index (χ3n) is 4.23. The summed E-state index contributed by atoms with van der Waals surface area (Å²) in [6.07, 6.45) is 2.77. The van der Waals surface area contributed by atoms with Crippen LogP contribution in [0.15, 0.2) is 6.20 Å². The normalized spacial score (nSPS) is 15.9. The molecular formula is C16H23N5. The molecule has 112 valence electrons. The van der Waals surface area contributed by atoms with Crippen molar-refractivity contribution in [3.05, 3.63) is 23.1 Å². The van der Waals surface area contributed by atoms with E-state index in [0.29, 0.717) is 11.9 Å². The van der Waals surface area contributed by atoms with Gasteiger partial charge in [-0.25, -0.2) is 9.97 Å². The molecule has 0 unspecified atom stereocenters. The van der Waals surface area contributed by atoms with Gasteiger partial charge in [-0.3, -0.25) is 4.68 Å². The van der Waals surface area contributed by atoms with Crippen LogP contribution in [0, 0.1) is 0 Å². The average Bonchev–Trinajstić information content (AvgIpc) is 2.80. The van der Waals surface area contributed by atoms with E-state index in [0.717, 1.165) is 24.4 Å². The van der Waals surface area contributed by atoms with E-state index in [1.54, 1.807) is 0 Å². The van der Waals surface area contributed by atoms with Gasteiger partial charge in [0.25, 0.3) is 0 Å². The third kappa shape index (κ3) is 2.03. The molecule has 3 rings (SSSR count). The fraction of sp³-hybridized carbons (Fsp3) is 0.562. The standard InChI is InChI=1S/C16H23N5/c1-6-21-13(9(2)3)11-12-10(8-18-15(17)19-12)7-16(4,5)14(11)20-21/h8-9H,6-7H2,1-5H3,(H2,17,18,19). The predicted octanol–water partition coefficient (Wildman–Crippen LogP) is 2.90. The van der Waals surface area contributed by atoms with Crippen molar-refractivity contribution < 1.29 is 0 Å². The van der Waals surface area contributed by atoms with E-state index < -0.39 is 0 Å². The summed E-state index contributed by atoms with van der Waals surface area (Å²) in [4.78, 5) is 8.70. The maximum Gasteiger partial charge on any atom is 0.220 e. The monoisotopic (exact) mass is 285 g/mol. The van der Waals surface area contributed by atoms with E-state index in [2.05, 4.69) is 49.3 Å². The SMILES string of the molecule is CCn1nc2c(c1C(C)C)-c1nc(N)ncc1CC2(C)C. The Labute approximate surface area is 125 Å². The highest BCUT2D eigenvalue weighted by molar-refractivity contribution is 5.73. The third-order valence-corrected chi connectivity index (χ3v) is 4.23. The molecule has 0 aliphatic heterocycles. The van der Waals surface area contributed by atoms with Crippen LogP contribution in [-0.2, 0) is 18.4 Å². The Hall–Kier alpha value is -1.91. The highest BCUT2D eigenvalue weighted by Gasteiger charge is 2.38. The smallest absolute Gasteiger partial charge is 0.220 e. The quantitative estimate of drug-likeness (QED) is 0.921. The number of nitrogens with zero attached hydrogens (tertiary/aromatic N) is 4. The van der Waals surface area contributed by atoms with Crippen molar-refractivity contribution in [1.29, 1.82) is 0 Å². The fourth-order valence-corrected chi connectivity index (χ4v) is 3.34. The summed E-state index contributed by atoms with van der Waals surface area (Å²) < 4.78 is 2.12. The Morgan fingerprint density at radius 3 is 2.71 bits per heavy atom. The van der Waals surface area contributed by atoms with E-state index in [4.69, 9.17) is 10.8 Å². The van der Waals surface area contributed by atoms with E-state index >= 15 is 0 Å². The van der Waals surface area contributed by atoms with Crippen molar-refractivity contribution in [3.63, 3.8) is 0 Å². The molecule has 0 aromatic carbocycles. The van der Waals surface area contributed by atoms with Crippen molar-refractivity contribution in [2.45, 2.75) is 58.9 Å². The molecule has 0 bridgehead atoms. The second-order valence-corrected chi connectivity index (χ2v) is 6.74. The number of hydrogen-bond donors (Lipinski definition) is 1. The lowest BCUT2D eigenvalue weighted by Gasteiger charge is -2.30. The first kappa shape index (κ1) is 14.0. The van der Waals surface area contributed by atoms with Gasteiger partial charge >= 0.3 is 0 Å². The number of anilines is 1. The van der Waals surface area contributed by atoms with Crippen LogP contribution in [0.5, 0.6) is 0 Å². The summed E-state index contributed by atoms with van der Waals surface area (Å²) in [6.45, 7) is 11.9. The molecular weight excluding hydrogens is 262 g/mol. The maximum atomic E-state index is 5.82. The number of fused-ring (bicyclic) bond motifs is 3. The van der Waals surface area contributed by atoms with E-state index in [9.17, 15) is 0 Å². The fourth-order valence-electron chi connectivity index (χ4n) is 3.34. The molecule has 1 aliphatic carbocycles. The van der Waals surface area contributed by atoms with Gasteiger partial charge < -0.3 is 5.73 Å². The highest BCUT2D eigenvalue weighted by Crippen LogP contribution is 2.45. The molecule has 1 aliphatic rings. The van der Waals surface area contributed by atoms with Gasteiger partial charge in [0, 0.05) is 23.7 Å². The van der Waals surface area contributed by atoms with Gasteiger partial charge in [0.1, 0.15) is 0 Å². The summed E-state index contributed by atoms with van der Waals surface area (Å²) in [5.41, 5.74) is 11.5. The van der Waals surface area contributed by atoms with Gasteiger partial charge in [0.2, 0.25) is 5.95 Å². The highest BCUT2D eigenvalue weighted by atomic mass is 15.3. The lowest BCUT2D eigenvalue weighted by Crippen LogP contribution is -2.27. The van der Waals surface area contributed by atoms with E-state index in [-0.39, 0.29) is 5.41 Å². The van der Waals surface area contributed by atoms with Crippen molar-refractivity contribution in [2.24, 2.45) is 0 Å². The number of nitrogens with two attached hydrogens (primary N) is 1. The second-order valence-electron chi connectivity index (χ2n) is 6.74. The summed E-state index contributed by atoms with van der Waals surface area (Å²) >= 11 is 0. The van der Waals surface area contributed by atoms with Crippen LogP contribution < -0.4 is 5.73 Å². The van der Waals surface area contributed by atoms with Crippen LogP contribution in [-0.4, -0.2) is 19.7 Å². The van der Waals surface area contributed by atoms with Gasteiger partial charge in [-0.05, 0) is 24.8 Å². The minimum absolute atomic E-state index is 0.00807. The second kappa shape index (κ2) is 4.55. The Kier molecular flexibility index (Phi) is 3.04. The van der Waals surface area contributed by atoms with E-state index in [1.165, 1.54) is 16.8 Å². The van der Waals surface area contributed by atoms with Crippen LogP contribution in [0.3, 0.4) is 0 Å². The minimum Gasteiger partial charge on any atom is -0.368 e. The lowest BCUT2D eigenvalue weighted by molar-refractivity contribution is 0.482. The molecule has 0 fully saturated rings. The predicted molar refractivity (Wildman–Crippen MR) is 84.2 cm³/mol. The van der Waals surface area contributed by atoms with Crippen LogP contribution in [0.1, 0.15) is 57.5 Å². The molecule has 5 heteroatoms. The van der Waals surface area contributed by atoms with Gasteiger partial charge in [-0.1, -0.05) is 27.7 Å². The first-order chi connectivity index (χ1) is 9.85. The van der Waals surface area contributed by atoms with Gasteiger partial charge in [-0.2, -0.15) is 5.10 Å². The molecule has 0 radical (unpaired) electrons. The Balaban J connectivity index is 2.38. The molecule has 5 nitrogen and oxygen atoms in total. The molecule has 2 N–H and O–H groups in total. The first-order valence-corrected chi connectivity index (χ1v) is 7.58. The largest absolute Gasteiger partial charge is 0.368 e. The number of hydrogen-bond acceptors (Lipinski definition) is 4. The van der Waals surface area contributed by atoms with Crippen molar-refractivity contribution in [1.82, 2.24) is 19.7 Å². The lowest BCUT2D eigenvalue weighted by atomic mass is 9.74.